The minimum atomic E-state index is -4.25. The second-order valence-corrected chi connectivity index (χ2v) is 4.67. The molecule has 0 fully saturated rings. The molecule has 0 spiro atoms. The Morgan fingerprint density at radius 3 is 2.79 bits per heavy atom. The highest BCUT2D eigenvalue weighted by Crippen LogP contribution is 2.14. The Balaban J connectivity index is 2.16. The molecule has 0 aliphatic rings. The Morgan fingerprint density at radius 1 is 1.42 bits per heavy atom. The summed E-state index contributed by atoms with van der Waals surface area (Å²) in [6.45, 7) is 4.31. The van der Waals surface area contributed by atoms with Gasteiger partial charge in [-0.2, -0.15) is 18.3 Å². The minimum absolute atomic E-state index is 0.0823. The summed E-state index contributed by atoms with van der Waals surface area (Å²) in [7, 11) is 0. The highest BCUT2D eigenvalue weighted by molar-refractivity contribution is 5.03. The molecule has 0 aliphatic carbocycles. The van der Waals surface area contributed by atoms with Crippen LogP contribution in [0.25, 0.3) is 0 Å². The van der Waals surface area contributed by atoms with Gasteiger partial charge in [0.05, 0.1) is 6.20 Å². The quantitative estimate of drug-likeness (QED) is 0.742. The number of nitrogens with one attached hydrogen (secondary N) is 1. The van der Waals surface area contributed by atoms with Crippen molar-refractivity contribution < 1.29 is 17.9 Å². The first-order chi connectivity index (χ1) is 8.87. The zero-order chi connectivity index (χ0) is 14.3. The van der Waals surface area contributed by atoms with Crippen LogP contribution in [0.2, 0.25) is 0 Å². The normalized spacial score (nSPS) is 12.3. The lowest BCUT2D eigenvalue weighted by molar-refractivity contribution is -0.174. The SMILES string of the molecule is CC(C)NCc1cnn(CCCOCC(F)(F)F)c1. The van der Waals surface area contributed by atoms with E-state index in [-0.39, 0.29) is 6.61 Å². The van der Waals surface area contributed by atoms with Crippen molar-refractivity contribution in [3.63, 3.8) is 0 Å². The minimum Gasteiger partial charge on any atom is -0.372 e. The fraction of sp³-hybridized carbons (Fsp3) is 0.750. The third kappa shape index (κ3) is 7.84. The molecule has 0 radical (unpaired) electrons. The molecule has 0 aromatic carbocycles. The molecule has 0 unspecified atom stereocenters. The summed E-state index contributed by atoms with van der Waals surface area (Å²) in [4.78, 5) is 0. The number of ether oxygens (including phenoxy) is 1. The van der Waals surface area contributed by atoms with Crippen molar-refractivity contribution in [2.45, 2.75) is 45.6 Å². The second kappa shape index (κ2) is 7.49. The molecule has 110 valence electrons. The van der Waals surface area contributed by atoms with Gasteiger partial charge in [-0.15, -0.1) is 0 Å². The maximum atomic E-state index is 11.8. The van der Waals surface area contributed by atoms with Crippen LogP contribution in [0.1, 0.15) is 25.8 Å². The molecule has 19 heavy (non-hydrogen) atoms. The Labute approximate surface area is 110 Å². The van der Waals surface area contributed by atoms with E-state index in [1.54, 1.807) is 10.9 Å². The van der Waals surface area contributed by atoms with Gasteiger partial charge in [-0.3, -0.25) is 4.68 Å². The Hall–Kier alpha value is -1.08. The number of hydrogen-bond donors (Lipinski definition) is 1. The number of nitrogens with zero attached hydrogens (tertiary/aromatic N) is 2. The predicted molar refractivity (Wildman–Crippen MR) is 65.7 cm³/mol. The maximum Gasteiger partial charge on any atom is 0.411 e. The molecule has 0 saturated heterocycles. The lowest BCUT2D eigenvalue weighted by Gasteiger charge is -2.07. The second-order valence-electron chi connectivity index (χ2n) is 4.67. The third-order valence-electron chi connectivity index (χ3n) is 2.34. The molecule has 1 heterocycles. The fourth-order valence-corrected chi connectivity index (χ4v) is 1.46. The summed E-state index contributed by atoms with van der Waals surface area (Å²) in [6.07, 6.45) is -0.0959. The van der Waals surface area contributed by atoms with Crippen molar-refractivity contribution in [3.05, 3.63) is 18.0 Å². The van der Waals surface area contributed by atoms with E-state index < -0.39 is 12.8 Å². The summed E-state index contributed by atoms with van der Waals surface area (Å²) in [5.41, 5.74) is 1.06. The topological polar surface area (TPSA) is 39.1 Å². The highest BCUT2D eigenvalue weighted by Gasteiger charge is 2.27. The van der Waals surface area contributed by atoms with Crippen LogP contribution in [-0.4, -0.2) is 35.2 Å². The van der Waals surface area contributed by atoms with E-state index in [9.17, 15) is 13.2 Å². The zero-order valence-electron chi connectivity index (χ0n) is 11.2. The fourth-order valence-electron chi connectivity index (χ4n) is 1.46. The standard InChI is InChI=1S/C12H20F3N3O/c1-10(2)16-6-11-7-17-18(8-11)4-3-5-19-9-12(13,14)15/h7-8,10,16H,3-6,9H2,1-2H3. The van der Waals surface area contributed by atoms with Gasteiger partial charge in [0.25, 0.3) is 0 Å². The molecule has 0 bridgehead atoms. The molecule has 7 heteroatoms. The van der Waals surface area contributed by atoms with E-state index in [2.05, 4.69) is 29.0 Å². The number of alkyl halides is 3. The van der Waals surface area contributed by atoms with Crippen molar-refractivity contribution in [2.24, 2.45) is 0 Å². The molecule has 0 aliphatic heterocycles. The van der Waals surface area contributed by atoms with Gasteiger partial charge < -0.3 is 10.1 Å². The average Bonchev–Trinajstić information content (AvgIpc) is 2.72. The maximum absolute atomic E-state index is 11.8. The molecule has 4 nitrogen and oxygen atoms in total. The van der Waals surface area contributed by atoms with E-state index in [1.165, 1.54) is 0 Å². The first-order valence-electron chi connectivity index (χ1n) is 6.26. The molecule has 0 saturated carbocycles. The third-order valence-corrected chi connectivity index (χ3v) is 2.34. The zero-order valence-corrected chi connectivity index (χ0v) is 11.2. The summed E-state index contributed by atoms with van der Waals surface area (Å²) < 4.78 is 41.7. The van der Waals surface area contributed by atoms with Crippen LogP contribution in [0.5, 0.6) is 0 Å². The van der Waals surface area contributed by atoms with Gasteiger partial charge in [-0.05, 0) is 6.42 Å². The lowest BCUT2D eigenvalue weighted by Crippen LogP contribution is -2.21. The van der Waals surface area contributed by atoms with Crippen molar-refractivity contribution >= 4 is 0 Å². The van der Waals surface area contributed by atoms with Crippen LogP contribution >= 0.6 is 0 Å². The summed E-state index contributed by atoms with van der Waals surface area (Å²) >= 11 is 0. The number of aromatic nitrogens is 2. The molecule has 1 rings (SSSR count). The highest BCUT2D eigenvalue weighted by atomic mass is 19.4. The van der Waals surface area contributed by atoms with Gasteiger partial charge in [-0.1, -0.05) is 13.8 Å². The molecule has 1 aromatic rings. The number of aryl methyl sites for hydroxylation is 1. The Morgan fingerprint density at radius 2 is 2.16 bits per heavy atom. The molecule has 0 amide bonds. The summed E-state index contributed by atoms with van der Waals surface area (Å²) in [6, 6.07) is 0.402. The summed E-state index contributed by atoms with van der Waals surface area (Å²) in [5, 5.41) is 7.40. The smallest absolute Gasteiger partial charge is 0.372 e. The van der Waals surface area contributed by atoms with Crippen LogP contribution in [0.15, 0.2) is 12.4 Å². The van der Waals surface area contributed by atoms with E-state index in [0.29, 0.717) is 19.0 Å². The largest absolute Gasteiger partial charge is 0.411 e. The van der Waals surface area contributed by atoms with Gasteiger partial charge in [0.1, 0.15) is 6.61 Å². The molecule has 1 N–H and O–H groups in total. The molecular weight excluding hydrogens is 259 g/mol. The van der Waals surface area contributed by atoms with Gasteiger partial charge in [-0.25, -0.2) is 0 Å². The van der Waals surface area contributed by atoms with E-state index in [4.69, 9.17) is 0 Å². The monoisotopic (exact) mass is 279 g/mol. The molecular formula is C12H20F3N3O. The molecule has 1 aromatic heterocycles. The van der Waals surface area contributed by atoms with Crippen LogP contribution in [0, 0.1) is 0 Å². The number of halogens is 3. The Kier molecular flexibility index (Phi) is 6.30. The first kappa shape index (κ1) is 16.0. The van der Waals surface area contributed by atoms with Crippen molar-refractivity contribution in [1.82, 2.24) is 15.1 Å². The van der Waals surface area contributed by atoms with Crippen molar-refractivity contribution in [2.75, 3.05) is 13.2 Å². The predicted octanol–water partition coefficient (Wildman–Crippen LogP) is 2.35. The summed E-state index contributed by atoms with van der Waals surface area (Å²) in [5.74, 6) is 0. The van der Waals surface area contributed by atoms with Crippen molar-refractivity contribution in [1.29, 1.82) is 0 Å². The molecule has 0 atom stereocenters. The van der Waals surface area contributed by atoms with Crippen LogP contribution in [-0.2, 0) is 17.8 Å². The van der Waals surface area contributed by atoms with Crippen LogP contribution in [0.4, 0.5) is 13.2 Å². The van der Waals surface area contributed by atoms with Gasteiger partial charge >= 0.3 is 6.18 Å². The average molecular weight is 279 g/mol. The lowest BCUT2D eigenvalue weighted by atomic mass is 10.3. The van der Waals surface area contributed by atoms with E-state index >= 15 is 0 Å². The van der Waals surface area contributed by atoms with Crippen molar-refractivity contribution in [3.8, 4) is 0 Å². The van der Waals surface area contributed by atoms with Gasteiger partial charge in [0.15, 0.2) is 0 Å². The van der Waals surface area contributed by atoms with Gasteiger partial charge in [0, 0.05) is 37.5 Å². The van der Waals surface area contributed by atoms with Crippen LogP contribution in [0.3, 0.4) is 0 Å². The number of hydrogen-bond acceptors (Lipinski definition) is 3. The van der Waals surface area contributed by atoms with E-state index in [1.807, 2.05) is 6.20 Å². The van der Waals surface area contributed by atoms with E-state index in [0.717, 1.165) is 12.1 Å². The first-order valence-corrected chi connectivity index (χ1v) is 6.26. The number of rotatable bonds is 8. The van der Waals surface area contributed by atoms with Crippen LogP contribution < -0.4 is 5.32 Å². The Bertz CT molecular complexity index is 363. The van der Waals surface area contributed by atoms with Gasteiger partial charge in [0.2, 0.25) is 0 Å².